The summed E-state index contributed by atoms with van der Waals surface area (Å²) in [5.74, 6) is 0.0865. The lowest BCUT2D eigenvalue weighted by atomic mass is 10.2. The lowest BCUT2D eigenvalue weighted by molar-refractivity contribution is 0.101. The van der Waals surface area contributed by atoms with Gasteiger partial charge in [-0.15, -0.1) is 0 Å². The number of methoxy groups -OCH3 is 1. The molecular weight excluding hydrogens is 489 g/mol. The van der Waals surface area contributed by atoms with Crippen LogP contribution >= 0.6 is 23.2 Å². The second-order valence-electron chi connectivity index (χ2n) is 6.90. The van der Waals surface area contributed by atoms with E-state index < -0.39 is 15.9 Å². The van der Waals surface area contributed by atoms with Gasteiger partial charge in [0.05, 0.1) is 28.7 Å². The number of ether oxygens (including phenoxy) is 1. The molecule has 2 N–H and O–H groups in total. The lowest BCUT2D eigenvalue weighted by Crippen LogP contribution is -2.16. The summed E-state index contributed by atoms with van der Waals surface area (Å²) in [6.07, 6.45) is 4.11. The maximum absolute atomic E-state index is 12.9. The van der Waals surface area contributed by atoms with Crippen LogP contribution in [0.25, 0.3) is 10.9 Å². The van der Waals surface area contributed by atoms with Crippen LogP contribution in [0.4, 0.5) is 11.5 Å². The van der Waals surface area contributed by atoms with E-state index in [4.69, 9.17) is 27.9 Å². The molecule has 0 spiro atoms. The molecule has 2 heterocycles. The van der Waals surface area contributed by atoms with Crippen LogP contribution in [0.1, 0.15) is 10.5 Å². The molecular formula is C21H17Cl2N5O4S. The summed E-state index contributed by atoms with van der Waals surface area (Å²) in [6.45, 7) is 0. The zero-order chi connectivity index (χ0) is 23.8. The first-order chi connectivity index (χ1) is 15.7. The van der Waals surface area contributed by atoms with Gasteiger partial charge in [0, 0.05) is 36.6 Å². The maximum atomic E-state index is 12.9. The minimum atomic E-state index is -3.86. The molecule has 0 bridgehead atoms. The number of aryl methyl sites for hydroxylation is 1. The van der Waals surface area contributed by atoms with Gasteiger partial charge in [0.2, 0.25) is 0 Å². The molecule has 4 rings (SSSR count). The molecule has 0 saturated heterocycles. The van der Waals surface area contributed by atoms with Crippen molar-refractivity contribution >= 4 is 61.5 Å². The molecule has 2 aromatic heterocycles. The molecule has 2 aromatic carbocycles. The van der Waals surface area contributed by atoms with Crippen LogP contribution in [0.5, 0.6) is 5.75 Å². The predicted octanol–water partition coefficient (Wildman–Crippen LogP) is 4.34. The zero-order valence-corrected chi connectivity index (χ0v) is 19.7. The van der Waals surface area contributed by atoms with Gasteiger partial charge in [-0.05, 0) is 30.3 Å². The molecule has 0 fully saturated rings. The molecule has 0 aliphatic carbocycles. The second kappa shape index (κ2) is 8.89. The summed E-state index contributed by atoms with van der Waals surface area (Å²) >= 11 is 12.6. The summed E-state index contributed by atoms with van der Waals surface area (Å²) in [4.78, 5) is 20.6. The number of nitrogens with one attached hydrogen (secondary N) is 2. The summed E-state index contributed by atoms with van der Waals surface area (Å²) in [7, 11) is -0.663. The van der Waals surface area contributed by atoms with Crippen LogP contribution in [0.2, 0.25) is 10.0 Å². The van der Waals surface area contributed by atoms with Gasteiger partial charge >= 0.3 is 0 Å². The van der Waals surface area contributed by atoms with E-state index in [1.165, 1.54) is 50.0 Å². The average Bonchev–Trinajstić information content (AvgIpc) is 3.13. The number of fused-ring (bicyclic) bond motifs is 1. The summed E-state index contributed by atoms with van der Waals surface area (Å²) in [5, 5.41) is 3.89. The number of nitrogens with zero attached hydrogens (tertiary/aromatic N) is 3. The highest BCUT2D eigenvalue weighted by Gasteiger charge is 2.20. The number of carbonyl (C=O) groups is 1. The number of benzene rings is 2. The van der Waals surface area contributed by atoms with Crippen LogP contribution in [-0.2, 0) is 17.1 Å². The highest BCUT2D eigenvalue weighted by Crippen LogP contribution is 2.39. The highest BCUT2D eigenvalue weighted by atomic mass is 35.5. The van der Waals surface area contributed by atoms with Crippen LogP contribution in [0.3, 0.4) is 0 Å². The van der Waals surface area contributed by atoms with E-state index in [9.17, 15) is 13.2 Å². The largest absolute Gasteiger partial charge is 0.495 e. The smallest absolute Gasteiger partial charge is 0.272 e. The van der Waals surface area contributed by atoms with Crippen LogP contribution in [-0.4, -0.2) is 36.0 Å². The third kappa shape index (κ3) is 4.45. The molecule has 0 radical (unpaired) electrons. The van der Waals surface area contributed by atoms with E-state index in [0.717, 1.165) is 0 Å². The maximum Gasteiger partial charge on any atom is 0.272 e. The first-order valence-electron chi connectivity index (χ1n) is 9.43. The van der Waals surface area contributed by atoms with Gasteiger partial charge in [0.25, 0.3) is 15.9 Å². The normalized spacial score (nSPS) is 11.4. The Labute approximate surface area is 199 Å². The van der Waals surface area contributed by atoms with Crippen LogP contribution < -0.4 is 14.8 Å². The Balaban J connectivity index is 1.56. The fraction of sp³-hybridized carbons (Fsp3) is 0.0952. The number of halogens is 2. The summed E-state index contributed by atoms with van der Waals surface area (Å²) in [5.41, 5.74) is 1.41. The summed E-state index contributed by atoms with van der Waals surface area (Å²) < 4.78 is 34.3. The minimum absolute atomic E-state index is 0.00396. The van der Waals surface area contributed by atoms with Gasteiger partial charge < -0.3 is 14.6 Å². The van der Waals surface area contributed by atoms with E-state index in [-0.39, 0.29) is 20.8 Å². The van der Waals surface area contributed by atoms with Crippen molar-refractivity contribution in [2.45, 2.75) is 4.90 Å². The Morgan fingerprint density at radius 1 is 1.09 bits per heavy atom. The van der Waals surface area contributed by atoms with E-state index in [1.54, 1.807) is 23.7 Å². The number of aromatic nitrogens is 3. The second-order valence-corrected chi connectivity index (χ2v) is 9.34. The van der Waals surface area contributed by atoms with Crippen molar-refractivity contribution in [1.82, 2.24) is 14.5 Å². The van der Waals surface area contributed by atoms with Crippen LogP contribution in [0.15, 0.2) is 59.9 Å². The van der Waals surface area contributed by atoms with Crippen molar-refractivity contribution < 1.29 is 17.9 Å². The number of carbonyl (C=O) groups excluding carboxylic acids is 1. The van der Waals surface area contributed by atoms with Gasteiger partial charge in [-0.3, -0.25) is 14.5 Å². The minimum Gasteiger partial charge on any atom is -0.495 e. The van der Waals surface area contributed by atoms with E-state index in [0.29, 0.717) is 28.0 Å². The van der Waals surface area contributed by atoms with Crippen LogP contribution in [0, 0.1) is 0 Å². The van der Waals surface area contributed by atoms with Gasteiger partial charge in [0.15, 0.2) is 5.82 Å². The van der Waals surface area contributed by atoms with E-state index in [2.05, 4.69) is 20.0 Å². The third-order valence-corrected chi connectivity index (χ3v) is 7.11. The van der Waals surface area contributed by atoms with E-state index >= 15 is 0 Å². The van der Waals surface area contributed by atoms with Gasteiger partial charge in [-0.25, -0.2) is 13.4 Å². The number of anilines is 2. The topological polar surface area (TPSA) is 115 Å². The Hall–Kier alpha value is -3.34. The molecule has 33 heavy (non-hydrogen) atoms. The third-order valence-electron chi connectivity index (χ3n) is 4.87. The predicted molar refractivity (Wildman–Crippen MR) is 127 cm³/mol. The molecule has 4 aromatic rings. The first-order valence-corrected chi connectivity index (χ1v) is 11.7. The standard InChI is InChI=1S/C21H17Cl2N5O4S/c1-28-15-10-17(32-2)20(23)19(22)14(15)9-16(28)21(29)26-12-3-5-13(6-4-12)33(30,31)27-18-11-24-7-8-25-18/h3-11H,1-2H3,(H,25,27)(H,26,29). The molecule has 0 saturated carbocycles. The van der Waals surface area contributed by atoms with Crippen molar-refractivity contribution in [2.24, 2.45) is 7.05 Å². The fourth-order valence-corrected chi connectivity index (χ4v) is 4.68. The summed E-state index contributed by atoms with van der Waals surface area (Å²) in [6, 6.07) is 9.04. The molecule has 1 amide bonds. The van der Waals surface area contributed by atoms with Crippen molar-refractivity contribution in [3.63, 3.8) is 0 Å². The van der Waals surface area contributed by atoms with Crippen molar-refractivity contribution in [3.05, 3.63) is 70.7 Å². The van der Waals surface area contributed by atoms with Crippen molar-refractivity contribution in [2.75, 3.05) is 17.1 Å². The van der Waals surface area contributed by atoms with Gasteiger partial charge in [0.1, 0.15) is 16.5 Å². The molecule has 0 unspecified atom stereocenters. The SMILES string of the molecule is COc1cc2c(cc(C(=O)Nc3ccc(S(=O)(=O)Nc4cnccn4)cc3)n2C)c(Cl)c1Cl. The lowest BCUT2D eigenvalue weighted by Gasteiger charge is -2.09. The van der Waals surface area contributed by atoms with Crippen molar-refractivity contribution in [3.8, 4) is 5.75 Å². The fourth-order valence-electron chi connectivity index (χ4n) is 3.21. The number of rotatable bonds is 6. The van der Waals surface area contributed by atoms with Crippen molar-refractivity contribution in [1.29, 1.82) is 0 Å². The Bertz CT molecular complexity index is 1460. The highest BCUT2D eigenvalue weighted by molar-refractivity contribution is 7.92. The molecule has 170 valence electrons. The quantitative estimate of drug-likeness (QED) is 0.402. The monoisotopic (exact) mass is 505 g/mol. The Morgan fingerprint density at radius 3 is 2.45 bits per heavy atom. The zero-order valence-electron chi connectivity index (χ0n) is 17.3. The average molecular weight is 506 g/mol. The first kappa shape index (κ1) is 22.8. The van der Waals surface area contributed by atoms with Gasteiger partial charge in [-0.1, -0.05) is 23.2 Å². The van der Waals surface area contributed by atoms with E-state index in [1.807, 2.05) is 0 Å². The van der Waals surface area contributed by atoms with Gasteiger partial charge in [-0.2, -0.15) is 0 Å². The number of amides is 1. The Morgan fingerprint density at radius 2 is 1.82 bits per heavy atom. The molecule has 0 atom stereocenters. The molecule has 0 aliphatic heterocycles. The molecule has 0 aliphatic rings. The Kier molecular flexibility index (Phi) is 6.15. The number of sulfonamides is 1. The molecule has 12 heteroatoms. The number of hydrogen-bond acceptors (Lipinski definition) is 6. The number of hydrogen-bond donors (Lipinski definition) is 2. The molecule has 9 nitrogen and oxygen atoms in total.